The van der Waals surface area contributed by atoms with Crippen LogP contribution in [-0.2, 0) is 29.6 Å². The Hall–Kier alpha value is -0.717. The number of hydrogen-bond acceptors (Lipinski definition) is 3. The van der Waals surface area contributed by atoms with Gasteiger partial charge in [0.1, 0.15) is 0 Å². The molecule has 0 aliphatic heterocycles. The van der Waals surface area contributed by atoms with Crippen LogP contribution < -0.4 is 0 Å². The van der Waals surface area contributed by atoms with Crippen LogP contribution in [0.4, 0.5) is 13.2 Å². The van der Waals surface area contributed by atoms with Crippen molar-refractivity contribution >= 4 is 10.1 Å². The Labute approximate surface area is 161 Å². The minimum Gasteiger partial charge on any atom is -0.741 e. The first-order chi connectivity index (χ1) is 11.2. The molecule has 0 bridgehead atoms. The first kappa shape index (κ1) is 26.5. The number of halogens is 3. The summed E-state index contributed by atoms with van der Waals surface area (Å²) in [7, 11) is -6.09. The summed E-state index contributed by atoms with van der Waals surface area (Å²) < 4.78 is 58.9. The van der Waals surface area contributed by atoms with E-state index in [9.17, 15) is 13.2 Å². The van der Waals surface area contributed by atoms with Crippen LogP contribution in [-0.4, -0.2) is 18.5 Å². The maximum Gasteiger partial charge on any atom is 1.00 e. The van der Waals surface area contributed by atoms with Crippen molar-refractivity contribution in [3.8, 4) is 0 Å². The second-order valence-corrected chi connectivity index (χ2v) is 6.47. The van der Waals surface area contributed by atoms with Crippen LogP contribution >= 0.6 is 0 Å². The first-order valence-electron chi connectivity index (χ1n) is 7.87. The molecule has 0 spiro atoms. The van der Waals surface area contributed by atoms with E-state index in [1.165, 1.54) is 51.4 Å². The van der Waals surface area contributed by atoms with Crippen LogP contribution in [0.15, 0.2) is 48.6 Å². The van der Waals surface area contributed by atoms with Crippen molar-refractivity contribution in [1.29, 1.82) is 0 Å². The van der Waals surface area contributed by atoms with E-state index in [-0.39, 0.29) is 19.5 Å². The zero-order chi connectivity index (χ0) is 18.3. The maximum atomic E-state index is 10.7. The van der Waals surface area contributed by atoms with E-state index in [4.69, 9.17) is 13.0 Å². The van der Waals surface area contributed by atoms with E-state index in [1.54, 1.807) is 0 Å². The molecular formula is C17H24F3O3RhS. The molecule has 0 aromatic heterocycles. The smallest absolute Gasteiger partial charge is 0.741 e. The van der Waals surface area contributed by atoms with Crippen molar-refractivity contribution in [3.05, 3.63) is 48.6 Å². The van der Waals surface area contributed by atoms with Crippen molar-refractivity contribution < 1.29 is 45.6 Å². The van der Waals surface area contributed by atoms with E-state index in [0.717, 1.165) is 0 Å². The van der Waals surface area contributed by atoms with Gasteiger partial charge in [-0.15, -0.1) is 0 Å². The van der Waals surface area contributed by atoms with Gasteiger partial charge in [-0.3, -0.25) is 0 Å². The molecule has 2 aliphatic rings. The summed E-state index contributed by atoms with van der Waals surface area (Å²) in [5, 5.41) is 0. The van der Waals surface area contributed by atoms with Gasteiger partial charge in [0, 0.05) is 0 Å². The zero-order valence-corrected chi connectivity index (χ0v) is 16.3. The van der Waals surface area contributed by atoms with Gasteiger partial charge < -0.3 is 4.55 Å². The molecule has 0 aromatic carbocycles. The summed E-state index contributed by atoms with van der Waals surface area (Å²) in [5.41, 5.74) is -5.65. The summed E-state index contributed by atoms with van der Waals surface area (Å²) in [6.07, 6.45) is 28.0. The third-order valence-electron chi connectivity index (χ3n) is 2.95. The van der Waals surface area contributed by atoms with E-state index in [1.807, 2.05) is 0 Å². The minimum atomic E-state index is -6.09. The fourth-order valence-corrected chi connectivity index (χ4v) is 1.71. The van der Waals surface area contributed by atoms with E-state index < -0.39 is 15.6 Å². The molecule has 0 saturated heterocycles. The second-order valence-electron chi connectivity index (χ2n) is 5.09. The summed E-state index contributed by atoms with van der Waals surface area (Å²) >= 11 is 0. The largest absolute Gasteiger partial charge is 1.00 e. The molecule has 0 aromatic rings. The molecule has 0 heterocycles. The van der Waals surface area contributed by atoms with Gasteiger partial charge in [0.15, 0.2) is 10.1 Å². The molecule has 3 nitrogen and oxygen atoms in total. The van der Waals surface area contributed by atoms with Crippen molar-refractivity contribution in [2.24, 2.45) is 0 Å². The average molecular weight is 468 g/mol. The molecule has 0 fully saturated rings. The second kappa shape index (κ2) is 15.5. The molecule has 0 unspecified atom stereocenters. The monoisotopic (exact) mass is 468 g/mol. The van der Waals surface area contributed by atoms with Crippen LogP contribution in [0.3, 0.4) is 0 Å². The van der Waals surface area contributed by atoms with E-state index in [0.29, 0.717) is 0 Å². The zero-order valence-electron chi connectivity index (χ0n) is 13.9. The minimum absolute atomic E-state index is 0. The van der Waals surface area contributed by atoms with Gasteiger partial charge in [-0.05, 0) is 51.4 Å². The van der Waals surface area contributed by atoms with Gasteiger partial charge in [0.25, 0.3) is 0 Å². The predicted octanol–water partition coefficient (Wildman–Crippen LogP) is 5.39. The number of hydrogen-bond donors (Lipinski definition) is 0. The Morgan fingerprint density at radius 3 is 0.800 bits per heavy atom. The molecule has 25 heavy (non-hydrogen) atoms. The molecule has 146 valence electrons. The molecule has 0 N–H and O–H groups in total. The van der Waals surface area contributed by atoms with Crippen molar-refractivity contribution in [2.45, 2.75) is 56.9 Å². The summed E-state index contributed by atoms with van der Waals surface area (Å²) in [4.78, 5) is 0. The fourth-order valence-electron chi connectivity index (χ4n) is 1.71. The van der Waals surface area contributed by atoms with Gasteiger partial charge in [0.05, 0.1) is 0 Å². The van der Waals surface area contributed by atoms with E-state index >= 15 is 0 Å². The normalized spacial score (nSPS) is 17.3. The summed E-state index contributed by atoms with van der Waals surface area (Å²) in [6.45, 7) is 0. The number of allylic oxidation sites excluding steroid dienone is 8. The Balaban J connectivity index is 0. The topological polar surface area (TPSA) is 57.2 Å². The van der Waals surface area contributed by atoms with Crippen LogP contribution in [0.5, 0.6) is 0 Å². The molecule has 2 aliphatic carbocycles. The Bertz CT molecular complexity index is 456. The Morgan fingerprint density at radius 1 is 0.600 bits per heavy atom. The van der Waals surface area contributed by atoms with Gasteiger partial charge in [0.2, 0.25) is 0 Å². The Morgan fingerprint density at radius 2 is 0.720 bits per heavy atom. The third kappa shape index (κ3) is 17.9. The molecule has 0 radical (unpaired) electrons. The van der Waals surface area contributed by atoms with Gasteiger partial charge in [-0.1, -0.05) is 48.6 Å². The average Bonchev–Trinajstić information content (AvgIpc) is 2.35. The SMILES string of the molecule is C1=CCCC=CCC1.C1=CCCC=CCC1.O=S(=O)([O-])C(F)(F)F.[Rh+]. The van der Waals surface area contributed by atoms with Gasteiger partial charge >= 0.3 is 25.0 Å². The van der Waals surface area contributed by atoms with Crippen molar-refractivity contribution in [2.75, 3.05) is 0 Å². The molecule has 0 atom stereocenters. The van der Waals surface area contributed by atoms with E-state index in [2.05, 4.69) is 48.6 Å². The van der Waals surface area contributed by atoms with Crippen molar-refractivity contribution in [1.82, 2.24) is 0 Å². The van der Waals surface area contributed by atoms with Crippen LogP contribution in [0.1, 0.15) is 51.4 Å². The predicted molar refractivity (Wildman–Crippen MR) is 89.2 cm³/mol. The molecule has 0 amide bonds. The van der Waals surface area contributed by atoms with Crippen LogP contribution in [0.2, 0.25) is 0 Å². The fraction of sp³-hybridized carbons (Fsp3) is 0.529. The third-order valence-corrected chi connectivity index (χ3v) is 3.52. The molecular weight excluding hydrogens is 444 g/mol. The number of alkyl halides is 3. The first-order valence-corrected chi connectivity index (χ1v) is 9.28. The molecule has 0 saturated carbocycles. The van der Waals surface area contributed by atoms with Crippen LogP contribution in [0.25, 0.3) is 0 Å². The van der Waals surface area contributed by atoms with Crippen molar-refractivity contribution in [3.63, 3.8) is 0 Å². The van der Waals surface area contributed by atoms with Crippen LogP contribution in [0, 0.1) is 0 Å². The standard InChI is InChI=1S/2C8H12.CHF3O3S.Rh/c2*1-2-4-6-8-7-5-3-1;2-1(3,4)8(5,6)7;/h2*1-2,7-8H,3-6H2;(H,5,6,7);/q;;;+1/p-1. The Kier molecular flexibility index (Phi) is 16.5. The molecule has 8 heteroatoms. The maximum absolute atomic E-state index is 10.7. The molecule has 2 rings (SSSR count). The van der Waals surface area contributed by atoms with Gasteiger partial charge in [-0.25, -0.2) is 8.42 Å². The quantitative estimate of drug-likeness (QED) is 0.207. The van der Waals surface area contributed by atoms with Gasteiger partial charge in [-0.2, -0.15) is 13.2 Å². The number of rotatable bonds is 0. The summed E-state index contributed by atoms with van der Waals surface area (Å²) in [5.74, 6) is 0. The summed E-state index contributed by atoms with van der Waals surface area (Å²) in [6, 6.07) is 0.